The Kier molecular flexibility index (Phi) is 3.76. The molecule has 2 bridgehead atoms. The molecule has 0 N–H and O–H groups in total. The number of fused-ring (bicyclic) bond motifs is 4. The average Bonchev–Trinajstić information content (AvgIpc) is 2.82. The number of hydrogen-bond acceptors (Lipinski definition) is 3. The lowest BCUT2D eigenvalue weighted by Gasteiger charge is -2.61. The molecule has 0 unspecified atom stereocenters. The maximum Gasteiger partial charge on any atom is 0.262 e. The maximum absolute atomic E-state index is 13.6. The predicted molar refractivity (Wildman–Crippen MR) is 115 cm³/mol. The Morgan fingerprint density at radius 3 is 1.93 bits per heavy atom. The van der Waals surface area contributed by atoms with Crippen molar-refractivity contribution < 1.29 is 14.4 Å². The van der Waals surface area contributed by atoms with Gasteiger partial charge < -0.3 is 0 Å². The summed E-state index contributed by atoms with van der Waals surface area (Å²) < 4.78 is 0. The third kappa shape index (κ3) is 2.61. The molecular weight excluding hydrogens is 374 g/mol. The molecule has 0 aromatic heterocycles. The number of Topliss-reactive ketones (excluding diaryl/α,β-unsaturated/α-hetero) is 1. The smallest absolute Gasteiger partial charge is 0.262 e. The first-order chi connectivity index (χ1) is 13.9. The van der Waals surface area contributed by atoms with Crippen molar-refractivity contribution in [3.8, 4) is 0 Å². The summed E-state index contributed by atoms with van der Waals surface area (Å²) in [5.74, 6) is -0.332. The van der Waals surface area contributed by atoms with E-state index in [1.807, 2.05) is 0 Å². The van der Waals surface area contributed by atoms with Crippen LogP contribution in [0.3, 0.4) is 0 Å². The number of allylic oxidation sites excluding steroid dienone is 1. The van der Waals surface area contributed by atoms with Gasteiger partial charge in [-0.3, -0.25) is 19.3 Å². The summed E-state index contributed by atoms with van der Waals surface area (Å²) in [5, 5.41) is 0. The lowest BCUT2D eigenvalue weighted by atomic mass is 9.48. The summed E-state index contributed by atoms with van der Waals surface area (Å²) in [6.45, 7) is 11.0. The molecular formula is C26H31NO3. The van der Waals surface area contributed by atoms with Crippen LogP contribution in [0.4, 0.5) is 0 Å². The highest BCUT2D eigenvalue weighted by atomic mass is 16.2. The van der Waals surface area contributed by atoms with Gasteiger partial charge in [-0.2, -0.15) is 0 Å². The van der Waals surface area contributed by atoms with Crippen molar-refractivity contribution in [3.05, 3.63) is 46.5 Å². The van der Waals surface area contributed by atoms with Crippen LogP contribution in [0.5, 0.6) is 0 Å². The van der Waals surface area contributed by atoms with Crippen molar-refractivity contribution >= 4 is 17.6 Å². The number of carbonyl (C=O) groups is 3. The van der Waals surface area contributed by atoms with E-state index in [1.54, 1.807) is 24.3 Å². The number of nitrogens with zero attached hydrogens (tertiary/aromatic N) is 1. The van der Waals surface area contributed by atoms with Crippen molar-refractivity contribution in [2.45, 2.75) is 78.7 Å². The topological polar surface area (TPSA) is 54.5 Å². The van der Waals surface area contributed by atoms with Crippen LogP contribution in [-0.4, -0.2) is 28.0 Å². The Bertz CT molecular complexity index is 1010. The zero-order valence-electron chi connectivity index (χ0n) is 18.7. The molecule has 4 nitrogen and oxygen atoms in total. The van der Waals surface area contributed by atoms with Gasteiger partial charge >= 0.3 is 0 Å². The van der Waals surface area contributed by atoms with Gasteiger partial charge in [0, 0.05) is 12.0 Å². The Labute approximate surface area is 178 Å². The van der Waals surface area contributed by atoms with Gasteiger partial charge in [-0.1, -0.05) is 52.3 Å². The molecule has 0 radical (unpaired) electrons. The highest BCUT2D eigenvalue weighted by Gasteiger charge is 2.63. The number of hydrogen-bond donors (Lipinski definition) is 0. The Morgan fingerprint density at radius 2 is 1.33 bits per heavy atom. The van der Waals surface area contributed by atoms with Gasteiger partial charge in [0.05, 0.1) is 16.7 Å². The predicted octanol–water partition coefficient (Wildman–Crippen LogP) is 5.33. The summed E-state index contributed by atoms with van der Waals surface area (Å²) in [4.78, 5) is 42.3. The van der Waals surface area contributed by atoms with Crippen molar-refractivity contribution in [2.75, 3.05) is 0 Å². The number of rotatable bonds is 1. The van der Waals surface area contributed by atoms with Crippen LogP contribution >= 0.6 is 0 Å². The summed E-state index contributed by atoms with van der Waals surface area (Å²) in [6.07, 6.45) is 4.64. The summed E-state index contributed by atoms with van der Waals surface area (Å²) in [6, 6.07) is 7.09. The first-order valence-corrected chi connectivity index (χ1v) is 11.1. The van der Waals surface area contributed by atoms with Crippen molar-refractivity contribution in [3.63, 3.8) is 0 Å². The molecule has 2 amide bonds. The number of ketones is 1. The van der Waals surface area contributed by atoms with Gasteiger partial charge in [-0.05, 0) is 60.5 Å². The Morgan fingerprint density at radius 1 is 0.733 bits per heavy atom. The van der Waals surface area contributed by atoms with Gasteiger partial charge in [-0.25, -0.2) is 0 Å². The first-order valence-electron chi connectivity index (χ1n) is 11.1. The van der Waals surface area contributed by atoms with Crippen LogP contribution in [-0.2, 0) is 4.79 Å². The molecule has 1 aromatic rings. The number of imide groups is 1. The van der Waals surface area contributed by atoms with E-state index >= 15 is 0 Å². The largest absolute Gasteiger partial charge is 0.294 e. The van der Waals surface area contributed by atoms with Gasteiger partial charge in [0.1, 0.15) is 0 Å². The summed E-state index contributed by atoms with van der Waals surface area (Å²) >= 11 is 0. The molecule has 5 rings (SSSR count). The molecule has 1 aromatic carbocycles. The van der Waals surface area contributed by atoms with Crippen LogP contribution < -0.4 is 0 Å². The standard InChI is InChI=1S/C26H31NO3/c1-23(2)10-16-11-25(5)13-24(3,4)14-26(15-25,20(16)19(28)12-23)27-21(29)17-8-6-7-9-18(17)22(27)30/h6-9H,10-15H2,1-5H3/t25-,26-/m1/s1. The van der Waals surface area contributed by atoms with E-state index in [4.69, 9.17) is 0 Å². The molecule has 0 spiro atoms. The Balaban J connectivity index is 1.76. The minimum atomic E-state index is -0.829. The second-order valence-electron chi connectivity index (χ2n) is 12.1. The molecule has 30 heavy (non-hydrogen) atoms. The molecule has 158 valence electrons. The summed E-state index contributed by atoms with van der Waals surface area (Å²) in [5.41, 5.74) is 1.94. The minimum absolute atomic E-state index is 0.0242. The van der Waals surface area contributed by atoms with Crippen LogP contribution in [0.2, 0.25) is 0 Å². The quantitative estimate of drug-likeness (QED) is 0.594. The van der Waals surface area contributed by atoms with Gasteiger partial charge in [0.2, 0.25) is 0 Å². The fraction of sp³-hybridized carbons (Fsp3) is 0.577. The molecule has 1 aliphatic heterocycles. The van der Waals surface area contributed by atoms with Gasteiger partial charge in [0.25, 0.3) is 11.8 Å². The molecule has 0 saturated heterocycles. The molecule has 4 heteroatoms. The lowest BCUT2D eigenvalue weighted by Crippen LogP contribution is -2.64. The highest BCUT2D eigenvalue weighted by molar-refractivity contribution is 6.22. The minimum Gasteiger partial charge on any atom is -0.294 e. The maximum atomic E-state index is 13.6. The van der Waals surface area contributed by atoms with Crippen LogP contribution in [0, 0.1) is 16.2 Å². The normalized spacial score (nSPS) is 34.2. The molecule has 1 fully saturated rings. The van der Waals surface area contributed by atoms with Crippen molar-refractivity contribution in [1.82, 2.24) is 4.90 Å². The molecule has 3 aliphatic carbocycles. The van der Waals surface area contributed by atoms with E-state index in [0.29, 0.717) is 30.4 Å². The van der Waals surface area contributed by atoms with E-state index in [2.05, 4.69) is 34.6 Å². The lowest BCUT2D eigenvalue weighted by molar-refractivity contribution is -0.121. The SMILES string of the molecule is CC1(C)CC(=O)C2=C(C1)C[C@]1(C)CC(C)(C)C[C@@]2(N2C(=O)c3ccccc3C2=O)C1. The molecule has 1 heterocycles. The zero-order valence-corrected chi connectivity index (χ0v) is 18.7. The number of amides is 2. The van der Waals surface area contributed by atoms with E-state index in [-0.39, 0.29) is 33.8 Å². The van der Waals surface area contributed by atoms with E-state index < -0.39 is 5.54 Å². The molecule has 2 atom stereocenters. The van der Waals surface area contributed by atoms with E-state index in [1.165, 1.54) is 10.5 Å². The second-order valence-corrected chi connectivity index (χ2v) is 12.1. The number of carbonyl (C=O) groups excluding carboxylic acids is 3. The van der Waals surface area contributed by atoms with Crippen molar-refractivity contribution in [2.24, 2.45) is 16.2 Å². The van der Waals surface area contributed by atoms with Crippen molar-refractivity contribution in [1.29, 1.82) is 0 Å². The van der Waals surface area contributed by atoms with Crippen LogP contribution in [0.25, 0.3) is 0 Å². The highest BCUT2D eigenvalue weighted by Crippen LogP contribution is 2.64. The third-order valence-corrected chi connectivity index (χ3v) is 7.69. The van der Waals surface area contributed by atoms with Gasteiger partial charge in [0.15, 0.2) is 5.78 Å². The third-order valence-electron chi connectivity index (χ3n) is 7.69. The van der Waals surface area contributed by atoms with Gasteiger partial charge in [-0.15, -0.1) is 0 Å². The van der Waals surface area contributed by atoms with E-state index in [9.17, 15) is 14.4 Å². The zero-order chi connectivity index (χ0) is 21.7. The molecule has 4 aliphatic rings. The van der Waals surface area contributed by atoms with Crippen LogP contribution in [0.1, 0.15) is 93.9 Å². The van der Waals surface area contributed by atoms with Crippen LogP contribution in [0.15, 0.2) is 35.4 Å². The first kappa shape index (κ1) is 19.7. The fourth-order valence-corrected chi connectivity index (χ4v) is 7.69. The summed E-state index contributed by atoms with van der Waals surface area (Å²) in [7, 11) is 0. The average molecular weight is 406 g/mol. The molecule has 1 saturated carbocycles. The Hall–Kier alpha value is -2.23. The number of benzene rings is 1. The monoisotopic (exact) mass is 405 g/mol. The fourth-order valence-electron chi connectivity index (χ4n) is 7.69. The second kappa shape index (κ2) is 5.72. The van der Waals surface area contributed by atoms with E-state index in [0.717, 1.165) is 24.8 Å².